The molecule has 3 rings (SSSR count). The van der Waals surface area contributed by atoms with Crippen LogP contribution in [0.2, 0.25) is 10.0 Å². The molecule has 8 heteroatoms. The SMILES string of the molecule is O=C(O)COc1cc(Cl)c(Cc2ccc(O)c(-c3ccccc3)n2)c(Cl)c1F. The molecule has 1 heterocycles. The molecule has 0 atom stereocenters. The smallest absolute Gasteiger partial charge is 0.341 e. The zero-order valence-corrected chi connectivity index (χ0v) is 15.8. The lowest BCUT2D eigenvalue weighted by molar-refractivity contribution is -0.139. The lowest BCUT2D eigenvalue weighted by Crippen LogP contribution is -2.11. The monoisotopic (exact) mass is 421 g/mol. The van der Waals surface area contributed by atoms with E-state index < -0.39 is 18.4 Å². The van der Waals surface area contributed by atoms with E-state index >= 15 is 0 Å². The fourth-order valence-electron chi connectivity index (χ4n) is 2.60. The highest BCUT2D eigenvalue weighted by Crippen LogP contribution is 2.36. The molecule has 0 aliphatic heterocycles. The molecule has 0 radical (unpaired) electrons. The second-order valence-corrected chi connectivity index (χ2v) is 6.64. The number of rotatable bonds is 6. The normalized spacial score (nSPS) is 10.7. The number of carboxylic acids is 1. The maximum atomic E-state index is 14.4. The van der Waals surface area contributed by atoms with Crippen LogP contribution < -0.4 is 4.74 Å². The minimum Gasteiger partial charge on any atom is -0.506 e. The Morgan fingerprint density at radius 3 is 2.54 bits per heavy atom. The van der Waals surface area contributed by atoms with E-state index in [1.807, 2.05) is 18.2 Å². The van der Waals surface area contributed by atoms with Crippen molar-refractivity contribution in [1.82, 2.24) is 4.98 Å². The minimum absolute atomic E-state index is 0.00995. The van der Waals surface area contributed by atoms with E-state index in [1.165, 1.54) is 12.1 Å². The van der Waals surface area contributed by atoms with Crippen LogP contribution in [0, 0.1) is 5.82 Å². The molecule has 0 fully saturated rings. The van der Waals surface area contributed by atoms with E-state index in [1.54, 1.807) is 18.2 Å². The summed E-state index contributed by atoms with van der Waals surface area (Å²) in [6.07, 6.45) is 0.105. The first-order valence-electron chi connectivity index (χ1n) is 8.12. The number of aromatic hydroxyl groups is 1. The summed E-state index contributed by atoms with van der Waals surface area (Å²) in [5, 5.41) is 18.6. The Morgan fingerprint density at radius 2 is 1.86 bits per heavy atom. The Bertz CT molecular complexity index is 1030. The molecule has 1 aromatic heterocycles. The van der Waals surface area contributed by atoms with Gasteiger partial charge in [0.2, 0.25) is 0 Å². The summed E-state index contributed by atoms with van der Waals surface area (Å²) in [6, 6.07) is 13.4. The number of aromatic nitrogens is 1. The van der Waals surface area contributed by atoms with Gasteiger partial charge in [0, 0.05) is 28.8 Å². The number of aliphatic carboxylic acids is 1. The predicted octanol–water partition coefficient (Wildman–Crippen LogP) is 4.95. The van der Waals surface area contributed by atoms with Crippen molar-refractivity contribution in [3.05, 3.63) is 75.7 Å². The standard InChI is InChI=1S/C20H14Cl2FNO4/c21-14-9-16(28-10-17(26)27)19(23)18(22)13(14)8-12-6-7-15(25)20(24-12)11-4-2-1-3-5-11/h1-7,9,25H,8,10H2,(H,26,27). The summed E-state index contributed by atoms with van der Waals surface area (Å²) in [5.74, 6) is -2.48. The molecule has 2 aromatic carbocycles. The first-order chi connectivity index (χ1) is 13.4. The quantitative estimate of drug-likeness (QED) is 0.550. The third-order valence-corrected chi connectivity index (χ3v) is 4.64. The summed E-state index contributed by atoms with van der Waals surface area (Å²) in [5.41, 5.74) is 1.90. The van der Waals surface area contributed by atoms with Gasteiger partial charge in [0.1, 0.15) is 11.4 Å². The molecule has 0 unspecified atom stereocenters. The van der Waals surface area contributed by atoms with Gasteiger partial charge in [0.05, 0.1) is 5.02 Å². The second-order valence-electron chi connectivity index (χ2n) is 5.86. The first kappa shape index (κ1) is 19.9. The third kappa shape index (κ3) is 4.35. The van der Waals surface area contributed by atoms with Crippen molar-refractivity contribution >= 4 is 29.2 Å². The lowest BCUT2D eigenvalue weighted by Gasteiger charge is -2.13. The van der Waals surface area contributed by atoms with Crippen LogP contribution in [0.4, 0.5) is 4.39 Å². The summed E-state index contributed by atoms with van der Waals surface area (Å²) < 4.78 is 19.3. The van der Waals surface area contributed by atoms with E-state index in [9.17, 15) is 14.3 Å². The number of benzene rings is 2. The average molecular weight is 422 g/mol. The van der Waals surface area contributed by atoms with E-state index in [0.29, 0.717) is 11.4 Å². The van der Waals surface area contributed by atoms with Gasteiger partial charge in [-0.05, 0) is 17.7 Å². The Kier molecular flexibility index (Phi) is 6.02. The zero-order valence-electron chi connectivity index (χ0n) is 14.3. The van der Waals surface area contributed by atoms with Gasteiger partial charge in [-0.25, -0.2) is 14.2 Å². The van der Waals surface area contributed by atoms with Gasteiger partial charge >= 0.3 is 5.97 Å². The summed E-state index contributed by atoms with van der Waals surface area (Å²) in [7, 11) is 0. The Hall–Kier alpha value is -2.83. The fourth-order valence-corrected chi connectivity index (χ4v) is 3.17. The molecule has 0 bridgehead atoms. The minimum atomic E-state index is -1.25. The van der Waals surface area contributed by atoms with Crippen molar-refractivity contribution < 1.29 is 24.1 Å². The van der Waals surface area contributed by atoms with Gasteiger partial charge in [-0.1, -0.05) is 53.5 Å². The highest BCUT2D eigenvalue weighted by Gasteiger charge is 2.19. The van der Waals surface area contributed by atoms with Crippen molar-refractivity contribution in [3.63, 3.8) is 0 Å². The summed E-state index contributed by atoms with van der Waals surface area (Å²) >= 11 is 12.3. The van der Waals surface area contributed by atoms with Crippen LogP contribution in [0.5, 0.6) is 11.5 Å². The maximum absolute atomic E-state index is 14.4. The highest BCUT2D eigenvalue weighted by molar-refractivity contribution is 6.36. The molecule has 0 spiro atoms. The largest absolute Gasteiger partial charge is 0.506 e. The van der Waals surface area contributed by atoms with Crippen molar-refractivity contribution in [2.75, 3.05) is 6.61 Å². The first-order valence-corrected chi connectivity index (χ1v) is 8.87. The van der Waals surface area contributed by atoms with Crippen molar-refractivity contribution in [2.45, 2.75) is 6.42 Å². The number of nitrogens with zero attached hydrogens (tertiary/aromatic N) is 1. The van der Waals surface area contributed by atoms with Gasteiger partial charge in [0.25, 0.3) is 0 Å². The summed E-state index contributed by atoms with van der Waals surface area (Å²) in [4.78, 5) is 15.0. The molecule has 3 aromatic rings. The van der Waals surface area contributed by atoms with Gasteiger partial charge in [0.15, 0.2) is 18.2 Å². The van der Waals surface area contributed by atoms with Gasteiger partial charge in [-0.15, -0.1) is 0 Å². The molecule has 28 heavy (non-hydrogen) atoms. The van der Waals surface area contributed by atoms with Crippen molar-refractivity contribution in [1.29, 1.82) is 0 Å². The number of halogens is 3. The molecular weight excluding hydrogens is 408 g/mol. The predicted molar refractivity (Wildman–Crippen MR) is 104 cm³/mol. The van der Waals surface area contributed by atoms with Crippen molar-refractivity contribution in [3.8, 4) is 22.8 Å². The third-order valence-electron chi connectivity index (χ3n) is 3.91. The molecule has 0 aliphatic carbocycles. The van der Waals surface area contributed by atoms with Crippen molar-refractivity contribution in [2.24, 2.45) is 0 Å². The van der Waals surface area contributed by atoms with Crippen LogP contribution in [0.1, 0.15) is 11.3 Å². The maximum Gasteiger partial charge on any atom is 0.341 e. The van der Waals surface area contributed by atoms with E-state index in [4.69, 9.17) is 33.0 Å². The number of carboxylic acid groups (broad SMARTS) is 1. The van der Waals surface area contributed by atoms with Crippen LogP contribution in [-0.4, -0.2) is 27.8 Å². The van der Waals surface area contributed by atoms with Crippen LogP contribution in [-0.2, 0) is 11.2 Å². The second kappa shape index (κ2) is 8.46. The number of ether oxygens (including phenoxy) is 1. The fraction of sp³-hybridized carbons (Fsp3) is 0.100. The number of pyridine rings is 1. The molecule has 5 nitrogen and oxygen atoms in total. The molecule has 0 aliphatic rings. The number of hydrogen-bond acceptors (Lipinski definition) is 4. The van der Waals surface area contributed by atoms with E-state index in [-0.39, 0.29) is 33.5 Å². The molecule has 0 saturated heterocycles. The Labute approximate surface area is 169 Å². The Balaban J connectivity index is 1.94. The number of carbonyl (C=O) groups is 1. The topological polar surface area (TPSA) is 79.7 Å². The van der Waals surface area contributed by atoms with Crippen LogP contribution >= 0.6 is 23.2 Å². The van der Waals surface area contributed by atoms with Gasteiger partial charge < -0.3 is 14.9 Å². The molecule has 0 amide bonds. The lowest BCUT2D eigenvalue weighted by atomic mass is 10.1. The average Bonchev–Trinajstić information content (AvgIpc) is 2.68. The van der Waals surface area contributed by atoms with E-state index in [2.05, 4.69) is 4.98 Å². The molecule has 2 N–H and O–H groups in total. The molecule has 144 valence electrons. The van der Waals surface area contributed by atoms with Crippen LogP contribution in [0.15, 0.2) is 48.5 Å². The van der Waals surface area contributed by atoms with Crippen LogP contribution in [0.3, 0.4) is 0 Å². The van der Waals surface area contributed by atoms with E-state index in [0.717, 1.165) is 5.56 Å². The molecular formula is C20H14Cl2FNO4. The summed E-state index contributed by atoms with van der Waals surface area (Å²) in [6.45, 7) is -0.719. The van der Waals surface area contributed by atoms with Gasteiger partial charge in [-0.2, -0.15) is 0 Å². The molecule has 0 saturated carbocycles. The number of hydrogen-bond donors (Lipinski definition) is 2. The highest BCUT2D eigenvalue weighted by atomic mass is 35.5. The van der Waals surface area contributed by atoms with Gasteiger partial charge in [-0.3, -0.25) is 0 Å². The van der Waals surface area contributed by atoms with Crippen LogP contribution in [0.25, 0.3) is 11.3 Å². The Morgan fingerprint density at radius 1 is 1.14 bits per heavy atom. The zero-order chi connectivity index (χ0) is 20.3.